The van der Waals surface area contributed by atoms with Crippen LogP contribution in [-0.4, -0.2) is 9.78 Å². The summed E-state index contributed by atoms with van der Waals surface area (Å²) >= 11 is 9.47. The van der Waals surface area contributed by atoms with E-state index < -0.39 is 0 Å². The molecule has 20 heavy (non-hydrogen) atoms. The molecule has 3 N–H and O–H groups in total. The van der Waals surface area contributed by atoms with Crippen molar-refractivity contribution in [1.29, 1.82) is 0 Å². The van der Waals surface area contributed by atoms with Gasteiger partial charge in [-0.15, -0.1) is 0 Å². The fourth-order valence-corrected chi connectivity index (χ4v) is 2.76. The molecule has 2 rings (SSSR count). The van der Waals surface area contributed by atoms with Gasteiger partial charge in [0.25, 0.3) is 0 Å². The molecule has 0 amide bonds. The van der Waals surface area contributed by atoms with Crippen LogP contribution in [0.1, 0.15) is 29.9 Å². The fraction of sp³-hybridized carbons (Fsp3) is 0.357. The Kier molecular flexibility index (Phi) is 5.21. The zero-order valence-corrected chi connectivity index (χ0v) is 13.9. The third kappa shape index (κ3) is 3.41. The van der Waals surface area contributed by atoms with Crippen molar-refractivity contribution in [2.24, 2.45) is 5.84 Å². The van der Waals surface area contributed by atoms with Crippen molar-refractivity contribution in [3.8, 4) is 0 Å². The van der Waals surface area contributed by atoms with E-state index in [1.165, 1.54) is 5.69 Å². The molecule has 0 radical (unpaired) electrons. The van der Waals surface area contributed by atoms with Crippen LogP contribution in [0, 0.1) is 6.92 Å². The van der Waals surface area contributed by atoms with Crippen LogP contribution < -0.4 is 11.3 Å². The maximum Gasteiger partial charge on any atom is 0.0596 e. The van der Waals surface area contributed by atoms with Crippen LogP contribution >= 0.6 is 27.5 Å². The Morgan fingerprint density at radius 2 is 2.20 bits per heavy atom. The Morgan fingerprint density at radius 1 is 1.45 bits per heavy atom. The van der Waals surface area contributed by atoms with Crippen LogP contribution in [0.4, 0.5) is 0 Å². The third-order valence-electron chi connectivity index (χ3n) is 3.25. The van der Waals surface area contributed by atoms with Crippen LogP contribution in [0.25, 0.3) is 0 Å². The number of halogens is 2. The maximum atomic E-state index is 6.03. The lowest BCUT2D eigenvalue weighted by Crippen LogP contribution is -2.30. The molecule has 1 aromatic heterocycles. The third-order valence-corrected chi connectivity index (χ3v) is 4.46. The molecule has 1 aromatic carbocycles. The lowest BCUT2D eigenvalue weighted by Gasteiger charge is -2.17. The highest BCUT2D eigenvalue weighted by atomic mass is 79.9. The second kappa shape index (κ2) is 6.72. The van der Waals surface area contributed by atoms with Gasteiger partial charge < -0.3 is 0 Å². The van der Waals surface area contributed by atoms with E-state index in [0.717, 1.165) is 28.7 Å². The van der Waals surface area contributed by atoms with Crippen LogP contribution in [0.3, 0.4) is 0 Å². The first-order chi connectivity index (χ1) is 9.55. The molecule has 0 aliphatic rings. The van der Waals surface area contributed by atoms with E-state index in [4.69, 9.17) is 17.4 Å². The quantitative estimate of drug-likeness (QED) is 0.637. The molecule has 0 spiro atoms. The largest absolute Gasteiger partial charge is 0.271 e. The summed E-state index contributed by atoms with van der Waals surface area (Å²) in [4.78, 5) is 0. The average molecular weight is 358 g/mol. The van der Waals surface area contributed by atoms with E-state index in [-0.39, 0.29) is 6.04 Å². The van der Waals surface area contributed by atoms with Gasteiger partial charge in [-0.2, -0.15) is 5.10 Å². The Hall–Kier alpha value is -0.880. The second-order valence-electron chi connectivity index (χ2n) is 4.69. The number of hydrogen-bond donors (Lipinski definition) is 2. The summed E-state index contributed by atoms with van der Waals surface area (Å²) in [6.07, 6.45) is 0.777. The van der Waals surface area contributed by atoms with E-state index >= 15 is 0 Å². The van der Waals surface area contributed by atoms with Gasteiger partial charge in [-0.05, 0) is 53.5 Å². The predicted molar refractivity (Wildman–Crippen MR) is 85.6 cm³/mol. The van der Waals surface area contributed by atoms with E-state index in [0.29, 0.717) is 5.02 Å². The number of rotatable bonds is 5. The summed E-state index contributed by atoms with van der Waals surface area (Å²) in [6, 6.07) is 7.96. The number of nitrogens with one attached hydrogen (secondary N) is 1. The van der Waals surface area contributed by atoms with Gasteiger partial charge in [-0.25, -0.2) is 0 Å². The van der Waals surface area contributed by atoms with Gasteiger partial charge in [-0.3, -0.25) is 16.0 Å². The highest BCUT2D eigenvalue weighted by Crippen LogP contribution is 2.27. The lowest BCUT2D eigenvalue weighted by molar-refractivity contribution is 0.517. The standard InChI is InChI=1S/C14H18BrClN4/c1-3-20-11(6-9(2)19-20)8-14(18-17)10-4-5-13(16)12(15)7-10/h4-7,14,18H,3,8,17H2,1-2H3. The van der Waals surface area contributed by atoms with Crippen molar-refractivity contribution in [2.75, 3.05) is 0 Å². The molecule has 4 nitrogen and oxygen atoms in total. The Labute approximate surface area is 132 Å². The van der Waals surface area contributed by atoms with Gasteiger partial charge in [-0.1, -0.05) is 17.7 Å². The van der Waals surface area contributed by atoms with Gasteiger partial charge in [0, 0.05) is 23.1 Å². The zero-order chi connectivity index (χ0) is 14.7. The van der Waals surface area contributed by atoms with E-state index in [1.54, 1.807) is 0 Å². The van der Waals surface area contributed by atoms with Crippen LogP contribution in [0.5, 0.6) is 0 Å². The molecule has 1 atom stereocenters. The second-order valence-corrected chi connectivity index (χ2v) is 5.95. The Bertz CT molecular complexity index is 597. The number of aromatic nitrogens is 2. The molecule has 1 heterocycles. The highest BCUT2D eigenvalue weighted by molar-refractivity contribution is 9.10. The number of aryl methyl sites for hydroxylation is 2. The van der Waals surface area contributed by atoms with Gasteiger partial charge in [0.15, 0.2) is 0 Å². The minimum atomic E-state index is 0.0185. The SMILES string of the molecule is CCn1nc(C)cc1CC(NN)c1ccc(Cl)c(Br)c1. The predicted octanol–water partition coefficient (Wildman–Crippen LogP) is 3.37. The number of benzene rings is 1. The Balaban J connectivity index is 2.26. The number of nitrogens with two attached hydrogens (primary N) is 1. The van der Waals surface area contributed by atoms with Crippen LogP contribution in [0.2, 0.25) is 5.02 Å². The van der Waals surface area contributed by atoms with E-state index in [2.05, 4.69) is 39.4 Å². The lowest BCUT2D eigenvalue weighted by atomic mass is 10.0. The van der Waals surface area contributed by atoms with Crippen molar-refractivity contribution < 1.29 is 0 Å². The topological polar surface area (TPSA) is 55.9 Å². The molecule has 0 saturated carbocycles. The summed E-state index contributed by atoms with van der Waals surface area (Å²) in [5, 5.41) is 5.15. The molecule has 2 aromatic rings. The van der Waals surface area contributed by atoms with Crippen molar-refractivity contribution in [3.05, 3.63) is 50.7 Å². The minimum absolute atomic E-state index is 0.0185. The monoisotopic (exact) mass is 356 g/mol. The first-order valence-corrected chi connectivity index (χ1v) is 7.66. The van der Waals surface area contributed by atoms with Gasteiger partial charge in [0.05, 0.1) is 16.8 Å². The first-order valence-electron chi connectivity index (χ1n) is 6.49. The smallest absolute Gasteiger partial charge is 0.0596 e. The number of hydrogen-bond acceptors (Lipinski definition) is 3. The maximum absolute atomic E-state index is 6.03. The van der Waals surface area contributed by atoms with Gasteiger partial charge in [0.2, 0.25) is 0 Å². The summed E-state index contributed by atoms with van der Waals surface area (Å²) in [5.41, 5.74) is 6.15. The molecular formula is C14H18BrClN4. The zero-order valence-electron chi connectivity index (χ0n) is 11.5. The number of hydrazine groups is 1. The molecular weight excluding hydrogens is 340 g/mol. The summed E-state index contributed by atoms with van der Waals surface area (Å²) in [7, 11) is 0. The fourth-order valence-electron chi connectivity index (χ4n) is 2.25. The number of nitrogens with zero attached hydrogens (tertiary/aromatic N) is 2. The van der Waals surface area contributed by atoms with E-state index in [9.17, 15) is 0 Å². The van der Waals surface area contributed by atoms with Crippen LogP contribution in [0.15, 0.2) is 28.7 Å². The molecule has 0 fully saturated rings. The van der Waals surface area contributed by atoms with Crippen molar-refractivity contribution in [3.63, 3.8) is 0 Å². The van der Waals surface area contributed by atoms with Crippen molar-refractivity contribution in [1.82, 2.24) is 15.2 Å². The normalized spacial score (nSPS) is 12.7. The molecule has 0 aliphatic heterocycles. The van der Waals surface area contributed by atoms with Crippen molar-refractivity contribution >= 4 is 27.5 Å². The van der Waals surface area contributed by atoms with Crippen molar-refractivity contribution in [2.45, 2.75) is 32.9 Å². The summed E-state index contributed by atoms with van der Waals surface area (Å²) in [6.45, 7) is 4.93. The van der Waals surface area contributed by atoms with E-state index in [1.807, 2.05) is 29.8 Å². The Morgan fingerprint density at radius 3 is 2.80 bits per heavy atom. The van der Waals surface area contributed by atoms with Gasteiger partial charge >= 0.3 is 0 Å². The minimum Gasteiger partial charge on any atom is -0.271 e. The first kappa shape index (κ1) is 15.5. The van der Waals surface area contributed by atoms with Gasteiger partial charge in [0.1, 0.15) is 0 Å². The molecule has 0 aliphatic carbocycles. The molecule has 6 heteroatoms. The molecule has 108 valence electrons. The average Bonchev–Trinajstić information content (AvgIpc) is 2.79. The molecule has 0 bridgehead atoms. The summed E-state index contributed by atoms with van der Waals surface area (Å²) in [5.74, 6) is 5.71. The summed E-state index contributed by atoms with van der Waals surface area (Å²) < 4.78 is 2.88. The van der Waals surface area contributed by atoms with Crippen LogP contribution in [-0.2, 0) is 13.0 Å². The molecule has 0 saturated heterocycles. The highest BCUT2D eigenvalue weighted by Gasteiger charge is 2.15. The molecule has 1 unspecified atom stereocenters.